The van der Waals surface area contributed by atoms with Crippen LogP contribution in [0.4, 0.5) is 0 Å². The second-order valence-corrected chi connectivity index (χ2v) is 7.02. The second kappa shape index (κ2) is 16.0. The first-order valence-electron chi connectivity index (χ1n) is 11.0. The molecular formula is C24H38O4. The van der Waals surface area contributed by atoms with Gasteiger partial charge in [-0.15, -0.1) is 0 Å². The monoisotopic (exact) mass is 390 g/mol. The van der Waals surface area contributed by atoms with Gasteiger partial charge in [0.15, 0.2) is 0 Å². The Hall–Kier alpha value is -1.97. The molecule has 28 heavy (non-hydrogen) atoms. The van der Waals surface area contributed by atoms with Crippen molar-refractivity contribution >= 4 is 12.0 Å². The molecule has 0 saturated heterocycles. The normalized spacial score (nSPS) is 11.0. The quantitative estimate of drug-likeness (QED) is 0.182. The van der Waals surface area contributed by atoms with E-state index in [4.69, 9.17) is 14.2 Å². The van der Waals surface area contributed by atoms with E-state index in [1.165, 1.54) is 44.6 Å². The van der Waals surface area contributed by atoms with E-state index in [0.717, 1.165) is 36.3 Å². The van der Waals surface area contributed by atoms with Crippen molar-refractivity contribution < 1.29 is 19.0 Å². The summed E-state index contributed by atoms with van der Waals surface area (Å²) in [5, 5.41) is 0. The summed E-state index contributed by atoms with van der Waals surface area (Å²) in [5.74, 6) is 1.24. The van der Waals surface area contributed by atoms with Crippen molar-refractivity contribution in [2.75, 3.05) is 19.8 Å². The SMILES string of the molecule is CCCCCCOc1ccc(OCCCCCC)c(C=CC(=O)OCCC)c1. The Bertz CT molecular complexity index is 566. The molecular weight excluding hydrogens is 352 g/mol. The summed E-state index contributed by atoms with van der Waals surface area (Å²) >= 11 is 0. The van der Waals surface area contributed by atoms with Gasteiger partial charge in [-0.1, -0.05) is 59.3 Å². The number of carbonyl (C=O) groups is 1. The van der Waals surface area contributed by atoms with Crippen LogP contribution in [-0.4, -0.2) is 25.8 Å². The Morgan fingerprint density at radius 1 is 0.821 bits per heavy atom. The van der Waals surface area contributed by atoms with E-state index >= 15 is 0 Å². The molecule has 4 heteroatoms. The standard InChI is InChI=1S/C24H38O4/c1-4-7-9-11-18-26-22-14-15-23(27-19-12-10-8-5-2)21(20-22)13-16-24(25)28-17-6-3/h13-16,20H,4-12,17-19H2,1-3H3. The highest BCUT2D eigenvalue weighted by Gasteiger charge is 2.06. The van der Waals surface area contributed by atoms with Crippen molar-refractivity contribution in [1.29, 1.82) is 0 Å². The highest BCUT2D eigenvalue weighted by Crippen LogP contribution is 2.26. The molecule has 0 radical (unpaired) electrons. The van der Waals surface area contributed by atoms with E-state index in [1.807, 2.05) is 25.1 Å². The first kappa shape index (κ1) is 24.1. The zero-order valence-electron chi connectivity index (χ0n) is 18.0. The summed E-state index contributed by atoms with van der Waals surface area (Å²) in [7, 11) is 0. The van der Waals surface area contributed by atoms with Crippen LogP contribution in [-0.2, 0) is 9.53 Å². The molecule has 1 aromatic rings. The van der Waals surface area contributed by atoms with E-state index < -0.39 is 0 Å². The maximum Gasteiger partial charge on any atom is 0.330 e. The third-order valence-corrected chi connectivity index (χ3v) is 4.35. The molecule has 0 bridgehead atoms. The third kappa shape index (κ3) is 11.0. The Morgan fingerprint density at radius 2 is 1.50 bits per heavy atom. The van der Waals surface area contributed by atoms with E-state index in [1.54, 1.807) is 6.08 Å². The molecule has 0 aliphatic heterocycles. The predicted molar refractivity (Wildman–Crippen MR) is 116 cm³/mol. The molecule has 0 aromatic heterocycles. The average molecular weight is 391 g/mol. The highest BCUT2D eigenvalue weighted by atomic mass is 16.5. The summed E-state index contributed by atoms with van der Waals surface area (Å²) in [6.07, 6.45) is 13.4. The van der Waals surface area contributed by atoms with Crippen molar-refractivity contribution in [2.24, 2.45) is 0 Å². The van der Waals surface area contributed by atoms with Crippen LogP contribution in [0.3, 0.4) is 0 Å². The van der Waals surface area contributed by atoms with Gasteiger partial charge in [0.25, 0.3) is 0 Å². The van der Waals surface area contributed by atoms with Crippen LogP contribution in [0.2, 0.25) is 0 Å². The molecule has 1 aromatic carbocycles. The van der Waals surface area contributed by atoms with Crippen LogP contribution in [0.25, 0.3) is 6.08 Å². The van der Waals surface area contributed by atoms with Gasteiger partial charge in [-0.25, -0.2) is 4.79 Å². The summed E-state index contributed by atoms with van der Waals surface area (Å²) < 4.78 is 16.9. The minimum Gasteiger partial charge on any atom is -0.494 e. The first-order valence-corrected chi connectivity index (χ1v) is 11.0. The lowest BCUT2D eigenvalue weighted by Gasteiger charge is -2.12. The number of unbranched alkanes of at least 4 members (excludes halogenated alkanes) is 6. The lowest BCUT2D eigenvalue weighted by molar-refractivity contribution is -0.137. The lowest BCUT2D eigenvalue weighted by Crippen LogP contribution is -2.02. The fraction of sp³-hybridized carbons (Fsp3) is 0.625. The number of benzene rings is 1. The van der Waals surface area contributed by atoms with E-state index in [-0.39, 0.29) is 5.97 Å². The van der Waals surface area contributed by atoms with Gasteiger partial charge in [0.1, 0.15) is 11.5 Å². The molecule has 4 nitrogen and oxygen atoms in total. The fourth-order valence-corrected chi connectivity index (χ4v) is 2.72. The highest BCUT2D eigenvalue weighted by molar-refractivity contribution is 5.87. The van der Waals surface area contributed by atoms with Crippen molar-refractivity contribution in [3.05, 3.63) is 29.8 Å². The van der Waals surface area contributed by atoms with Crippen LogP contribution in [0, 0.1) is 0 Å². The number of hydrogen-bond donors (Lipinski definition) is 0. The second-order valence-electron chi connectivity index (χ2n) is 7.02. The van der Waals surface area contributed by atoms with Gasteiger partial charge in [-0.3, -0.25) is 0 Å². The Labute approximate surface area is 171 Å². The molecule has 0 heterocycles. The number of ether oxygens (including phenoxy) is 3. The van der Waals surface area contributed by atoms with E-state index in [2.05, 4.69) is 13.8 Å². The molecule has 1 rings (SSSR count). The van der Waals surface area contributed by atoms with Crippen LogP contribution >= 0.6 is 0 Å². The topological polar surface area (TPSA) is 44.8 Å². The van der Waals surface area contributed by atoms with Crippen LogP contribution in [0.5, 0.6) is 11.5 Å². The van der Waals surface area contributed by atoms with Crippen LogP contribution in [0.15, 0.2) is 24.3 Å². The van der Waals surface area contributed by atoms with Gasteiger partial charge in [0.2, 0.25) is 0 Å². The number of carbonyl (C=O) groups excluding carboxylic acids is 1. The molecule has 0 N–H and O–H groups in total. The predicted octanol–water partition coefficient (Wildman–Crippen LogP) is 6.57. The Morgan fingerprint density at radius 3 is 2.14 bits per heavy atom. The molecule has 0 unspecified atom stereocenters. The summed E-state index contributed by atoms with van der Waals surface area (Å²) in [4.78, 5) is 11.8. The number of rotatable bonds is 16. The zero-order valence-corrected chi connectivity index (χ0v) is 18.0. The minimum atomic E-state index is -0.332. The van der Waals surface area contributed by atoms with Crippen molar-refractivity contribution in [3.8, 4) is 11.5 Å². The maximum absolute atomic E-state index is 11.8. The zero-order chi connectivity index (χ0) is 20.5. The molecule has 0 fully saturated rings. The van der Waals surface area contributed by atoms with E-state index in [0.29, 0.717) is 19.8 Å². The number of hydrogen-bond acceptors (Lipinski definition) is 4. The van der Waals surface area contributed by atoms with Gasteiger partial charge in [-0.05, 0) is 43.5 Å². The largest absolute Gasteiger partial charge is 0.494 e. The molecule has 0 aliphatic carbocycles. The van der Waals surface area contributed by atoms with Gasteiger partial charge in [0, 0.05) is 11.6 Å². The smallest absolute Gasteiger partial charge is 0.330 e. The van der Waals surface area contributed by atoms with E-state index in [9.17, 15) is 4.79 Å². The molecule has 0 atom stereocenters. The van der Waals surface area contributed by atoms with Crippen molar-refractivity contribution in [1.82, 2.24) is 0 Å². The number of esters is 1. The van der Waals surface area contributed by atoms with Gasteiger partial charge >= 0.3 is 5.97 Å². The van der Waals surface area contributed by atoms with Gasteiger partial charge < -0.3 is 14.2 Å². The summed E-state index contributed by atoms with van der Waals surface area (Å²) in [6, 6.07) is 5.80. The van der Waals surface area contributed by atoms with Crippen molar-refractivity contribution in [2.45, 2.75) is 78.6 Å². The molecule has 0 aliphatic rings. The molecule has 158 valence electrons. The molecule has 0 spiro atoms. The molecule has 0 saturated carbocycles. The lowest BCUT2D eigenvalue weighted by atomic mass is 10.1. The Kier molecular flexibility index (Phi) is 13.8. The minimum absolute atomic E-state index is 0.332. The fourth-order valence-electron chi connectivity index (χ4n) is 2.72. The van der Waals surface area contributed by atoms with Gasteiger partial charge in [0.05, 0.1) is 19.8 Å². The summed E-state index contributed by atoms with van der Waals surface area (Å²) in [6.45, 7) is 8.19. The first-order chi connectivity index (χ1) is 13.7. The Balaban J connectivity index is 2.70. The molecule has 0 amide bonds. The van der Waals surface area contributed by atoms with Gasteiger partial charge in [-0.2, -0.15) is 0 Å². The summed E-state index contributed by atoms with van der Waals surface area (Å²) in [5.41, 5.74) is 0.843. The maximum atomic E-state index is 11.8. The average Bonchev–Trinajstić information content (AvgIpc) is 2.71. The van der Waals surface area contributed by atoms with Crippen LogP contribution in [0.1, 0.15) is 84.1 Å². The van der Waals surface area contributed by atoms with Crippen LogP contribution < -0.4 is 9.47 Å². The third-order valence-electron chi connectivity index (χ3n) is 4.35. The van der Waals surface area contributed by atoms with Crippen molar-refractivity contribution in [3.63, 3.8) is 0 Å².